The maximum absolute atomic E-state index is 4.77. The Bertz CT molecular complexity index is 756. The molecule has 3 heteroatoms. The molecule has 0 aliphatic heterocycles. The number of hydrogen-bond donors (Lipinski definition) is 0. The van der Waals surface area contributed by atoms with E-state index in [2.05, 4.69) is 53.8 Å². The van der Waals surface area contributed by atoms with Gasteiger partial charge in [-0.2, -0.15) is 5.10 Å². The van der Waals surface area contributed by atoms with Crippen LogP contribution in [-0.2, 0) is 13.0 Å². The average Bonchev–Trinajstić information content (AvgIpc) is 2.78. The molecule has 0 saturated heterocycles. The first-order valence-corrected chi connectivity index (χ1v) is 7.06. The number of hydrogen-bond acceptors (Lipinski definition) is 2. The minimum absolute atomic E-state index is 0.724. The van der Waals surface area contributed by atoms with E-state index in [1.54, 1.807) is 0 Å². The molecule has 0 bridgehead atoms. The fraction of sp³-hybridized carbons (Fsp3) is 0.294. The van der Waals surface area contributed by atoms with E-state index in [-0.39, 0.29) is 0 Å². The van der Waals surface area contributed by atoms with Crippen molar-refractivity contribution in [2.24, 2.45) is 0 Å². The number of rotatable bonds is 3. The highest BCUT2D eigenvalue weighted by atomic mass is 15.3. The lowest BCUT2D eigenvalue weighted by molar-refractivity contribution is 0.680. The number of fused-ring (bicyclic) bond motifs is 1. The first-order chi connectivity index (χ1) is 9.69. The normalized spacial score (nSPS) is 11.2. The van der Waals surface area contributed by atoms with Crippen LogP contribution in [0.4, 0.5) is 0 Å². The average molecular weight is 265 g/mol. The van der Waals surface area contributed by atoms with Crippen molar-refractivity contribution in [3.05, 3.63) is 59.0 Å². The summed E-state index contributed by atoms with van der Waals surface area (Å²) in [4.78, 5) is 4.57. The Morgan fingerprint density at radius 2 is 1.85 bits per heavy atom. The van der Waals surface area contributed by atoms with Gasteiger partial charge in [0.05, 0.1) is 23.4 Å². The van der Waals surface area contributed by atoms with Crippen LogP contribution < -0.4 is 0 Å². The highest BCUT2D eigenvalue weighted by Gasteiger charge is 2.11. The fourth-order valence-electron chi connectivity index (χ4n) is 2.70. The minimum atomic E-state index is 0.724. The summed E-state index contributed by atoms with van der Waals surface area (Å²) in [5.41, 5.74) is 5.77. The van der Waals surface area contributed by atoms with Gasteiger partial charge in [0.15, 0.2) is 0 Å². The van der Waals surface area contributed by atoms with Crippen LogP contribution in [0.15, 0.2) is 36.4 Å². The Balaban J connectivity index is 2.10. The third-order valence-corrected chi connectivity index (χ3v) is 3.65. The number of aromatic nitrogens is 3. The van der Waals surface area contributed by atoms with E-state index < -0.39 is 0 Å². The van der Waals surface area contributed by atoms with E-state index in [0.29, 0.717) is 0 Å². The Morgan fingerprint density at radius 1 is 1.05 bits per heavy atom. The highest BCUT2D eigenvalue weighted by molar-refractivity contribution is 5.85. The summed E-state index contributed by atoms with van der Waals surface area (Å²) < 4.78 is 2.07. The first kappa shape index (κ1) is 12.9. The fourth-order valence-corrected chi connectivity index (χ4v) is 2.70. The van der Waals surface area contributed by atoms with Crippen molar-refractivity contribution in [1.82, 2.24) is 14.8 Å². The summed E-state index contributed by atoms with van der Waals surface area (Å²) in [5, 5.41) is 6.06. The second kappa shape index (κ2) is 5.08. The number of benzene rings is 1. The molecule has 0 atom stereocenters. The van der Waals surface area contributed by atoms with E-state index >= 15 is 0 Å². The zero-order chi connectivity index (χ0) is 14.1. The zero-order valence-corrected chi connectivity index (χ0v) is 12.2. The number of pyridine rings is 1. The van der Waals surface area contributed by atoms with E-state index in [4.69, 9.17) is 5.10 Å². The van der Waals surface area contributed by atoms with Crippen LogP contribution in [-0.4, -0.2) is 14.8 Å². The molecule has 0 saturated carbocycles. The summed E-state index contributed by atoms with van der Waals surface area (Å²) in [6.45, 7) is 7.05. The van der Waals surface area contributed by atoms with Gasteiger partial charge in [-0.05, 0) is 44.0 Å². The lowest BCUT2D eigenvalue weighted by atomic mass is 10.1. The van der Waals surface area contributed by atoms with Gasteiger partial charge in [0.25, 0.3) is 0 Å². The van der Waals surface area contributed by atoms with Crippen molar-refractivity contribution in [2.45, 2.75) is 33.7 Å². The molecule has 0 radical (unpaired) electrons. The smallest absolute Gasteiger partial charge is 0.0838 e. The topological polar surface area (TPSA) is 30.7 Å². The molecule has 3 nitrogen and oxygen atoms in total. The van der Waals surface area contributed by atoms with Crippen LogP contribution in [0.5, 0.6) is 0 Å². The van der Waals surface area contributed by atoms with Crippen molar-refractivity contribution in [3.63, 3.8) is 0 Å². The Morgan fingerprint density at radius 3 is 2.60 bits per heavy atom. The lowest BCUT2D eigenvalue weighted by Gasteiger charge is -2.04. The van der Waals surface area contributed by atoms with Crippen LogP contribution in [0.25, 0.3) is 10.9 Å². The molecule has 20 heavy (non-hydrogen) atoms. The van der Waals surface area contributed by atoms with Gasteiger partial charge in [-0.3, -0.25) is 9.67 Å². The Hall–Kier alpha value is -2.16. The molecule has 3 aromatic rings. The van der Waals surface area contributed by atoms with E-state index in [1.807, 2.05) is 13.0 Å². The van der Waals surface area contributed by atoms with Crippen LogP contribution in [0.2, 0.25) is 0 Å². The molecule has 3 rings (SSSR count). The molecule has 2 aromatic heterocycles. The first-order valence-electron chi connectivity index (χ1n) is 7.06. The van der Waals surface area contributed by atoms with Crippen molar-refractivity contribution in [2.75, 3.05) is 0 Å². The molecule has 0 unspecified atom stereocenters. The number of nitrogens with zero attached hydrogens (tertiary/aromatic N) is 3. The lowest BCUT2D eigenvalue weighted by Crippen LogP contribution is -2.04. The summed E-state index contributed by atoms with van der Waals surface area (Å²) in [6.07, 6.45) is 0.954. The van der Waals surface area contributed by atoms with E-state index in [0.717, 1.165) is 24.4 Å². The molecule has 1 aromatic carbocycles. The predicted octanol–water partition coefficient (Wildman–Crippen LogP) is 3.66. The number of aryl methyl sites for hydroxylation is 3. The van der Waals surface area contributed by atoms with Crippen molar-refractivity contribution in [1.29, 1.82) is 0 Å². The van der Waals surface area contributed by atoms with Gasteiger partial charge in [0.1, 0.15) is 0 Å². The van der Waals surface area contributed by atoms with Gasteiger partial charge < -0.3 is 0 Å². The molecule has 2 heterocycles. The van der Waals surface area contributed by atoms with Gasteiger partial charge >= 0.3 is 0 Å². The molecule has 0 spiro atoms. The van der Waals surface area contributed by atoms with Gasteiger partial charge in [0.2, 0.25) is 0 Å². The van der Waals surface area contributed by atoms with Crippen molar-refractivity contribution < 1.29 is 0 Å². The third-order valence-electron chi connectivity index (χ3n) is 3.65. The summed E-state index contributed by atoms with van der Waals surface area (Å²) in [7, 11) is 0. The Labute approximate surface area is 119 Å². The molecular weight excluding hydrogens is 246 g/mol. The summed E-state index contributed by atoms with van der Waals surface area (Å²) >= 11 is 0. The Kier molecular flexibility index (Phi) is 3.26. The highest BCUT2D eigenvalue weighted by Crippen LogP contribution is 2.23. The van der Waals surface area contributed by atoms with Gasteiger partial charge in [-0.15, -0.1) is 0 Å². The van der Waals surface area contributed by atoms with Crippen LogP contribution in [0.3, 0.4) is 0 Å². The molecular formula is C17H19N3. The molecule has 0 aliphatic rings. The molecule has 102 valence electrons. The van der Waals surface area contributed by atoms with Crippen molar-refractivity contribution >= 4 is 10.9 Å². The molecule has 0 fully saturated rings. The van der Waals surface area contributed by atoms with Gasteiger partial charge in [-0.25, -0.2) is 0 Å². The van der Waals surface area contributed by atoms with Crippen LogP contribution >= 0.6 is 0 Å². The minimum Gasteiger partial charge on any atom is -0.259 e. The van der Waals surface area contributed by atoms with Crippen molar-refractivity contribution in [3.8, 4) is 0 Å². The second-order valence-electron chi connectivity index (χ2n) is 5.20. The third kappa shape index (κ3) is 2.20. The van der Waals surface area contributed by atoms with Gasteiger partial charge in [0, 0.05) is 11.1 Å². The SMILES string of the molecule is CCc1nn(Cc2cccc(C)n2)c2cccc(C)c12. The summed E-state index contributed by atoms with van der Waals surface area (Å²) in [5.74, 6) is 0. The quantitative estimate of drug-likeness (QED) is 0.723. The summed E-state index contributed by atoms with van der Waals surface area (Å²) in [6, 6.07) is 12.5. The van der Waals surface area contributed by atoms with Gasteiger partial charge in [-0.1, -0.05) is 25.1 Å². The molecule has 0 N–H and O–H groups in total. The maximum Gasteiger partial charge on any atom is 0.0838 e. The van der Waals surface area contributed by atoms with Crippen LogP contribution in [0.1, 0.15) is 29.6 Å². The predicted molar refractivity (Wildman–Crippen MR) is 81.9 cm³/mol. The van der Waals surface area contributed by atoms with E-state index in [9.17, 15) is 0 Å². The standard InChI is InChI=1S/C17H19N3/c1-4-15-17-12(2)7-5-10-16(17)20(19-15)11-14-9-6-8-13(3)18-14/h5-10H,4,11H2,1-3H3. The zero-order valence-electron chi connectivity index (χ0n) is 12.2. The second-order valence-corrected chi connectivity index (χ2v) is 5.20. The maximum atomic E-state index is 4.77. The molecule has 0 aliphatic carbocycles. The molecule has 0 amide bonds. The van der Waals surface area contributed by atoms with Crippen LogP contribution in [0, 0.1) is 13.8 Å². The monoisotopic (exact) mass is 265 g/mol. The van der Waals surface area contributed by atoms with E-state index in [1.165, 1.54) is 22.2 Å². The largest absolute Gasteiger partial charge is 0.259 e.